The number of hydrogen-bond acceptors (Lipinski definition) is 0. The van der Waals surface area contributed by atoms with E-state index in [1.165, 1.54) is 14.7 Å². The SMILES string of the molecule is CCc1cc(I)ccc1C. The summed E-state index contributed by atoms with van der Waals surface area (Å²) < 4.78 is 1.33. The zero-order chi connectivity index (χ0) is 7.56. The second-order valence-corrected chi connectivity index (χ2v) is 3.67. The van der Waals surface area contributed by atoms with Crippen LogP contribution in [0.25, 0.3) is 0 Å². The molecule has 0 N–H and O–H groups in total. The Bertz CT molecular complexity index is 228. The summed E-state index contributed by atoms with van der Waals surface area (Å²) in [4.78, 5) is 0. The summed E-state index contributed by atoms with van der Waals surface area (Å²) in [6, 6.07) is 6.57. The van der Waals surface area contributed by atoms with Gasteiger partial charge in [-0.1, -0.05) is 13.0 Å². The topological polar surface area (TPSA) is 0 Å². The molecule has 0 atom stereocenters. The first-order valence-electron chi connectivity index (χ1n) is 3.49. The first-order valence-corrected chi connectivity index (χ1v) is 4.57. The summed E-state index contributed by atoms with van der Waals surface area (Å²) in [5.74, 6) is 0. The van der Waals surface area contributed by atoms with Crippen molar-refractivity contribution in [2.45, 2.75) is 20.3 Å². The minimum absolute atomic E-state index is 1.14. The Morgan fingerprint density at radius 2 is 2.10 bits per heavy atom. The first-order chi connectivity index (χ1) is 4.74. The molecule has 0 aliphatic carbocycles. The van der Waals surface area contributed by atoms with E-state index in [4.69, 9.17) is 0 Å². The molecule has 1 aromatic carbocycles. The summed E-state index contributed by atoms with van der Waals surface area (Å²) in [5, 5.41) is 0. The molecular formula is C9H11I. The van der Waals surface area contributed by atoms with Crippen molar-refractivity contribution in [3.05, 3.63) is 32.9 Å². The van der Waals surface area contributed by atoms with Crippen LogP contribution in [0.1, 0.15) is 18.1 Å². The fraction of sp³-hybridized carbons (Fsp3) is 0.333. The Balaban J connectivity index is 3.09. The van der Waals surface area contributed by atoms with E-state index in [0.717, 1.165) is 6.42 Å². The molecule has 0 bridgehead atoms. The van der Waals surface area contributed by atoms with E-state index in [2.05, 4.69) is 54.6 Å². The maximum Gasteiger partial charge on any atom is 0.0133 e. The molecule has 0 aromatic heterocycles. The average Bonchev–Trinajstić information content (AvgIpc) is 1.94. The predicted octanol–water partition coefficient (Wildman–Crippen LogP) is 3.16. The van der Waals surface area contributed by atoms with Gasteiger partial charge in [0.1, 0.15) is 0 Å². The lowest BCUT2D eigenvalue weighted by Gasteiger charge is -2.01. The highest BCUT2D eigenvalue weighted by molar-refractivity contribution is 14.1. The lowest BCUT2D eigenvalue weighted by atomic mass is 10.1. The van der Waals surface area contributed by atoms with Gasteiger partial charge >= 0.3 is 0 Å². The van der Waals surface area contributed by atoms with Gasteiger partial charge in [0, 0.05) is 3.57 Å². The van der Waals surface area contributed by atoms with E-state index < -0.39 is 0 Å². The normalized spacial score (nSPS) is 9.90. The quantitative estimate of drug-likeness (QED) is 0.667. The highest BCUT2D eigenvalue weighted by atomic mass is 127. The molecule has 0 heterocycles. The van der Waals surface area contributed by atoms with E-state index >= 15 is 0 Å². The van der Waals surface area contributed by atoms with Crippen LogP contribution in [0.3, 0.4) is 0 Å². The molecule has 0 radical (unpaired) electrons. The number of benzene rings is 1. The maximum absolute atomic E-state index is 2.35. The minimum atomic E-state index is 1.14. The van der Waals surface area contributed by atoms with Crippen LogP contribution in [0.15, 0.2) is 18.2 Å². The monoisotopic (exact) mass is 246 g/mol. The third kappa shape index (κ3) is 1.72. The average molecular weight is 246 g/mol. The molecule has 54 valence electrons. The molecule has 0 aliphatic rings. The standard InChI is InChI=1S/C9H11I/c1-3-8-6-9(10)5-4-7(8)2/h4-6H,3H2,1-2H3. The molecular weight excluding hydrogens is 235 g/mol. The van der Waals surface area contributed by atoms with Crippen LogP contribution in [0.2, 0.25) is 0 Å². The van der Waals surface area contributed by atoms with Crippen molar-refractivity contribution in [2.75, 3.05) is 0 Å². The minimum Gasteiger partial charge on any atom is -0.0613 e. The Hall–Kier alpha value is -0.0500. The summed E-state index contributed by atoms with van der Waals surface area (Å²) in [6.45, 7) is 4.35. The summed E-state index contributed by atoms with van der Waals surface area (Å²) in [5.41, 5.74) is 2.87. The van der Waals surface area contributed by atoms with Gasteiger partial charge in [-0.15, -0.1) is 0 Å². The molecule has 1 aromatic rings. The third-order valence-corrected chi connectivity index (χ3v) is 2.36. The van der Waals surface area contributed by atoms with E-state index in [-0.39, 0.29) is 0 Å². The van der Waals surface area contributed by atoms with Gasteiger partial charge in [-0.05, 0) is 59.2 Å². The van der Waals surface area contributed by atoms with Crippen LogP contribution >= 0.6 is 22.6 Å². The fourth-order valence-corrected chi connectivity index (χ4v) is 1.58. The van der Waals surface area contributed by atoms with Gasteiger partial charge in [0.2, 0.25) is 0 Å². The Morgan fingerprint density at radius 1 is 1.40 bits per heavy atom. The number of rotatable bonds is 1. The van der Waals surface area contributed by atoms with Gasteiger partial charge in [0.15, 0.2) is 0 Å². The molecule has 0 saturated carbocycles. The Morgan fingerprint density at radius 3 is 2.60 bits per heavy atom. The fourth-order valence-electron chi connectivity index (χ4n) is 1.02. The molecule has 0 fully saturated rings. The largest absolute Gasteiger partial charge is 0.0613 e. The third-order valence-electron chi connectivity index (χ3n) is 1.69. The second-order valence-electron chi connectivity index (χ2n) is 2.42. The van der Waals surface area contributed by atoms with Crippen molar-refractivity contribution in [2.24, 2.45) is 0 Å². The maximum atomic E-state index is 2.35. The van der Waals surface area contributed by atoms with E-state index in [1.807, 2.05) is 0 Å². The van der Waals surface area contributed by atoms with Crippen LogP contribution < -0.4 is 0 Å². The molecule has 10 heavy (non-hydrogen) atoms. The molecule has 0 amide bonds. The van der Waals surface area contributed by atoms with Crippen LogP contribution in [-0.2, 0) is 6.42 Å². The van der Waals surface area contributed by atoms with Gasteiger partial charge < -0.3 is 0 Å². The van der Waals surface area contributed by atoms with Crippen LogP contribution in [0.4, 0.5) is 0 Å². The zero-order valence-corrected chi connectivity index (χ0v) is 8.47. The van der Waals surface area contributed by atoms with Crippen molar-refractivity contribution >= 4 is 22.6 Å². The van der Waals surface area contributed by atoms with Crippen LogP contribution in [0.5, 0.6) is 0 Å². The van der Waals surface area contributed by atoms with Gasteiger partial charge in [-0.25, -0.2) is 0 Å². The van der Waals surface area contributed by atoms with Crippen molar-refractivity contribution in [1.82, 2.24) is 0 Å². The van der Waals surface area contributed by atoms with Gasteiger partial charge in [-0.3, -0.25) is 0 Å². The van der Waals surface area contributed by atoms with Crippen LogP contribution in [0, 0.1) is 10.5 Å². The molecule has 0 unspecified atom stereocenters. The van der Waals surface area contributed by atoms with E-state index in [9.17, 15) is 0 Å². The van der Waals surface area contributed by atoms with Crippen molar-refractivity contribution < 1.29 is 0 Å². The Labute approximate surface area is 75.8 Å². The van der Waals surface area contributed by atoms with Gasteiger partial charge in [0.05, 0.1) is 0 Å². The number of halogens is 1. The molecule has 0 nitrogen and oxygen atoms in total. The molecule has 0 spiro atoms. The summed E-state index contributed by atoms with van der Waals surface area (Å²) >= 11 is 2.35. The van der Waals surface area contributed by atoms with Gasteiger partial charge in [-0.2, -0.15) is 0 Å². The second kappa shape index (κ2) is 3.37. The van der Waals surface area contributed by atoms with E-state index in [0.29, 0.717) is 0 Å². The van der Waals surface area contributed by atoms with E-state index in [1.54, 1.807) is 0 Å². The van der Waals surface area contributed by atoms with Crippen molar-refractivity contribution in [3.63, 3.8) is 0 Å². The van der Waals surface area contributed by atoms with Crippen molar-refractivity contribution in [3.8, 4) is 0 Å². The highest BCUT2D eigenvalue weighted by Gasteiger charge is 1.94. The number of aryl methyl sites for hydroxylation is 2. The molecule has 0 saturated heterocycles. The van der Waals surface area contributed by atoms with Gasteiger partial charge in [0.25, 0.3) is 0 Å². The first kappa shape index (κ1) is 8.05. The zero-order valence-electron chi connectivity index (χ0n) is 6.32. The Kier molecular flexibility index (Phi) is 2.72. The summed E-state index contributed by atoms with van der Waals surface area (Å²) in [7, 11) is 0. The lowest BCUT2D eigenvalue weighted by molar-refractivity contribution is 1.11. The smallest absolute Gasteiger partial charge is 0.0133 e. The number of hydrogen-bond donors (Lipinski definition) is 0. The van der Waals surface area contributed by atoms with Crippen LogP contribution in [-0.4, -0.2) is 0 Å². The highest BCUT2D eigenvalue weighted by Crippen LogP contribution is 2.12. The predicted molar refractivity (Wildman–Crippen MR) is 53.3 cm³/mol. The molecule has 0 aliphatic heterocycles. The molecule has 1 rings (SSSR count). The lowest BCUT2D eigenvalue weighted by Crippen LogP contribution is -1.85. The summed E-state index contributed by atoms with van der Waals surface area (Å²) in [6.07, 6.45) is 1.14. The van der Waals surface area contributed by atoms with Crippen molar-refractivity contribution in [1.29, 1.82) is 0 Å². The molecule has 1 heteroatoms.